The number of anilines is 1. The summed E-state index contributed by atoms with van der Waals surface area (Å²) in [6.07, 6.45) is -2.14. The monoisotopic (exact) mass is 463 g/mol. The van der Waals surface area contributed by atoms with E-state index in [1.165, 1.54) is 24.4 Å². The van der Waals surface area contributed by atoms with E-state index in [4.69, 9.17) is 15.6 Å². The average Bonchev–Trinajstić information content (AvgIpc) is 3.16. The van der Waals surface area contributed by atoms with Crippen LogP contribution >= 0.6 is 0 Å². The topological polar surface area (TPSA) is 78.4 Å². The van der Waals surface area contributed by atoms with Crippen LogP contribution in [0.15, 0.2) is 18.3 Å². The van der Waals surface area contributed by atoms with Gasteiger partial charge in [0, 0.05) is 47.5 Å². The fourth-order valence-corrected chi connectivity index (χ4v) is 6.98. The Morgan fingerprint density at radius 2 is 2.06 bits per heavy atom. The minimum Gasteiger partial charge on any atom is -0.402 e. The number of nitrogens with zero attached hydrogens (tertiary/aromatic N) is 4. The number of morpholine rings is 1. The first-order valence-electron chi connectivity index (χ1n) is 11.6. The molecule has 2 aromatic heterocycles. The summed E-state index contributed by atoms with van der Waals surface area (Å²) in [6, 6.07) is 4.48. The summed E-state index contributed by atoms with van der Waals surface area (Å²) >= 11 is 0. The lowest BCUT2D eigenvalue weighted by molar-refractivity contribution is -0.274. The van der Waals surface area contributed by atoms with Crippen LogP contribution in [0.5, 0.6) is 5.75 Å². The highest BCUT2D eigenvalue weighted by Crippen LogP contribution is 2.87. The van der Waals surface area contributed by atoms with E-state index in [-0.39, 0.29) is 17.3 Å². The molecule has 2 N–H and O–H groups in total. The van der Waals surface area contributed by atoms with Crippen LogP contribution in [0, 0.1) is 17.8 Å². The van der Waals surface area contributed by atoms with Crippen molar-refractivity contribution in [3.63, 3.8) is 0 Å². The smallest absolute Gasteiger partial charge is 0.402 e. The van der Waals surface area contributed by atoms with Crippen molar-refractivity contribution < 1.29 is 22.6 Å². The predicted molar refractivity (Wildman–Crippen MR) is 114 cm³/mol. The molecule has 0 spiro atoms. The van der Waals surface area contributed by atoms with Gasteiger partial charge in [0.25, 0.3) is 0 Å². The third-order valence-corrected chi connectivity index (χ3v) is 8.26. The molecule has 7 nitrogen and oxygen atoms in total. The molecule has 6 rings (SSSR count). The van der Waals surface area contributed by atoms with Crippen LogP contribution in [0.25, 0.3) is 11.3 Å². The number of pyridine rings is 1. The molecule has 3 saturated carbocycles. The van der Waals surface area contributed by atoms with Crippen molar-refractivity contribution in [1.82, 2.24) is 19.7 Å². The van der Waals surface area contributed by atoms with Crippen LogP contribution in [0.3, 0.4) is 0 Å². The second-order valence-corrected chi connectivity index (χ2v) is 10.2. The third-order valence-electron chi connectivity index (χ3n) is 8.26. The Bertz CT molecular complexity index is 1090. The molecule has 6 atom stereocenters. The average molecular weight is 464 g/mol. The van der Waals surface area contributed by atoms with Crippen molar-refractivity contribution in [2.75, 3.05) is 25.5 Å². The quantitative estimate of drug-likeness (QED) is 0.730. The van der Waals surface area contributed by atoms with Crippen molar-refractivity contribution in [2.45, 2.75) is 57.1 Å². The van der Waals surface area contributed by atoms with E-state index in [1.807, 2.05) is 10.7 Å². The van der Waals surface area contributed by atoms with Crippen LogP contribution in [-0.2, 0) is 10.2 Å². The maximum absolute atomic E-state index is 12.8. The summed E-state index contributed by atoms with van der Waals surface area (Å²) in [5.41, 5.74) is 8.03. The Kier molecular flexibility index (Phi) is 4.40. The predicted octanol–water partition coefficient (Wildman–Crippen LogP) is 3.61. The lowest BCUT2D eigenvalue weighted by Crippen LogP contribution is -2.62. The molecule has 0 amide bonds. The van der Waals surface area contributed by atoms with Crippen molar-refractivity contribution in [1.29, 1.82) is 0 Å². The van der Waals surface area contributed by atoms with Gasteiger partial charge >= 0.3 is 6.36 Å². The lowest BCUT2D eigenvalue weighted by Gasteiger charge is -2.54. The van der Waals surface area contributed by atoms with Crippen LogP contribution < -0.4 is 10.5 Å². The Balaban J connectivity index is 1.32. The number of aromatic nitrogens is 3. The number of ether oxygens (including phenoxy) is 2. The Labute approximate surface area is 190 Å². The first kappa shape index (κ1) is 21.2. The van der Waals surface area contributed by atoms with Gasteiger partial charge in [-0.1, -0.05) is 0 Å². The molecule has 4 fully saturated rings. The van der Waals surface area contributed by atoms with Gasteiger partial charge in [-0.3, -0.25) is 9.58 Å². The van der Waals surface area contributed by atoms with E-state index in [2.05, 4.69) is 35.4 Å². The van der Waals surface area contributed by atoms with Crippen molar-refractivity contribution in [2.24, 2.45) is 17.8 Å². The molecule has 10 heteroatoms. The zero-order valence-electron chi connectivity index (χ0n) is 18.8. The summed E-state index contributed by atoms with van der Waals surface area (Å²) in [7, 11) is 0. The fraction of sp³-hybridized carbons (Fsp3) is 0.652. The molecule has 33 heavy (non-hydrogen) atoms. The zero-order valence-corrected chi connectivity index (χ0v) is 18.8. The van der Waals surface area contributed by atoms with E-state index in [0.717, 1.165) is 19.8 Å². The van der Waals surface area contributed by atoms with E-state index in [0.29, 0.717) is 41.1 Å². The molecule has 178 valence electrons. The summed E-state index contributed by atoms with van der Waals surface area (Å²) in [5, 5.41) is 4.79. The van der Waals surface area contributed by atoms with E-state index in [9.17, 15) is 13.2 Å². The van der Waals surface area contributed by atoms with Crippen LogP contribution in [0.1, 0.15) is 38.9 Å². The van der Waals surface area contributed by atoms with E-state index < -0.39 is 12.1 Å². The molecule has 2 aromatic rings. The molecule has 1 aliphatic heterocycles. The Hall–Kier alpha value is -2.33. The number of hydrogen-bond donors (Lipinski definition) is 1. The summed E-state index contributed by atoms with van der Waals surface area (Å²) < 4.78 is 50.1. The minimum atomic E-state index is -4.84. The molecule has 4 aliphatic rings. The van der Waals surface area contributed by atoms with Gasteiger partial charge in [-0.15, -0.1) is 13.2 Å². The molecular formula is C23H28F3N5O2. The zero-order chi connectivity index (χ0) is 23.3. The third kappa shape index (κ3) is 2.89. The van der Waals surface area contributed by atoms with Gasteiger partial charge < -0.3 is 15.2 Å². The van der Waals surface area contributed by atoms with Crippen molar-refractivity contribution >= 4 is 5.82 Å². The van der Waals surface area contributed by atoms with Gasteiger partial charge in [0.05, 0.1) is 18.9 Å². The molecular weight excluding hydrogens is 435 g/mol. The number of rotatable bonds is 5. The lowest BCUT2D eigenvalue weighted by atomic mass is 9.60. The number of alkyl halides is 3. The van der Waals surface area contributed by atoms with Gasteiger partial charge in [-0.25, -0.2) is 4.98 Å². The second kappa shape index (κ2) is 6.85. The molecule has 0 aromatic carbocycles. The normalized spacial score (nSPS) is 35.1. The highest BCUT2D eigenvalue weighted by molar-refractivity contribution is 5.66. The molecule has 3 heterocycles. The molecule has 1 saturated heterocycles. The maximum atomic E-state index is 12.8. The van der Waals surface area contributed by atoms with Gasteiger partial charge in [-0.2, -0.15) is 5.10 Å². The van der Waals surface area contributed by atoms with Crippen molar-refractivity contribution in [3.8, 4) is 17.0 Å². The maximum Gasteiger partial charge on any atom is 0.573 e. The van der Waals surface area contributed by atoms with Gasteiger partial charge in [0.15, 0.2) is 11.6 Å². The standard InChI is InChI=1S/C23H28F3N5O2/c1-11(2)31-18(8-16(29-31)13-6-17(21(27)28-9-13)33-23(24,25)26)22-14-7-15(22)20(19(14)22)30-4-5-32-10-12(30)3/h6,8-9,11-12,14-15,19-20H,4-5,7,10H2,1-3H3,(H2,27,28)/t12-,14-,15?,19?,20?,22-/m0/s1. The number of nitrogens with two attached hydrogens (primary N) is 1. The summed E-state index contributed by atoms with van der Waals surface area (Å²) in [5.74, 6) is 1.08. The van der Waals surface area contributed by atoms with Gasteiger partial charge in [-0.05, 0) is 57.1 Å². The Morgan fingerprint density at radius 3 is 2.73 bits per heavy atom. The largest absolute Gasteiger partial charge is 0.573 e. The number of nitrogen functional groups attached to an aromatic ring is 1. The second-order valence-electron chi connectivity index (χ2n) is 10.2. The number of halogens is 3. The SMILES string of the molecule is CC(C)n1nc(-c2cnc(N)c(OC(F)(F)F)c2)cc1[C@@]12C3C[C@H]1C2C3N1CCOC[C@@H]1C. The van der Waals surface area contributed by atoms with Crippen LogP contribution in [0.4, 0.5) is 19.0 Å². The van der Waals surface area contributed by atoms with Crippen molar-refractivity contribution in [3.05, 3.63) is 24.0 Å². The summed E-state index contributed by atoms with van der Waals surface area (Å²) in [6.45, 7) is 8.96. The number of fused-ring (bicyclic) bond motifs is 1. The summed E-state index contributed by atoms with van der Waals surface area (Å²) in [4.78, 5) is 6.55. The van der Waals surface area contributed by atoms with E-state index >= 15 is 0 Å². The van der Waals surface area contributed by atoms with Gasteiger partial charge in [0.2, 0.25) is 0 Å². The van der Waals surface area contributed by atoms with Gasteiger partial charge in [0.1, 0.15) is 0 Å². The molecule has 3 unspecified atom stereocenters. The van der Waals surface area contributed by atoms with Crippen LogP contribution in [-0.4, -0.2) is 57.9 Å². The highest BCUT2D eigenvalue weighted by Gasteiger charge is 2.90. The minimum absolute atomic E-state index is 0.137. The Morgan fingerprint density at radius 1 is 1.27 bits per heavy atom. The number of hydrogen-bond acceptors (Lipinski definition) is 6. The van der Waals surface area contributed by atoms with E-state index in [1.54, 1.807) is 0 Å². The molecule has 0 radical (unpaired) electrons. The van der Waals surface area contributed by atoms with Crippen LogP contribution in [0.2, 0.25) is 0 Å². The fourth-order valence-electron chi connectivity index (χ4n) is 6.98. The first-order valence-corrected chi connectivity index (χ1v) is 11.6. The molecule has 0 bridgehead atoms. The molecule has 3 aliphatic carbocycles. The highest BCUT2D eigenvalue weighted by atomic mass is 19.4. The first-order chi connectivity index (χ1) is 15.6.